The molecule has 0 amide bonds. The van der Waals surface area contributed by atoms with Gasteiger partial charge in [-0.1, -0.05) is 19.1 Å². The van der Waals surface area contributed by atoms with Crippen LogP contribution in [0, 0.1) is 0 Å². The van der Waals surface area contributed by atoms with Crippen molar-refractivity contribution in [2.75, 3.05) is 31.1 Å². The second-order valence-electron chi connectivity index (χ2n) is 5.19. The Kier molecular flexibility index (Phi) is 3.52. The minimum atomic E-state index is 0.395. The van der Waals surface area contributed by atoms with Gasteiger partial charge in [0.1, 0.15) is 0 Å². The minimum absolute atomic E-state index is 0.395. The predicted octanol–water partition coefficient (Wildman–Crippen LogP) is 1.95. The van der Waals surface area contributed by atoms with E-state index in [2.05, 4.69) is 35.3 Å². The molecule has 2 aliphatic rings. The van der Waals surface area contributed by atoms with E-state index in [4.69, 9.17) is 4.74 Å². The summed E-state index contributed by atoms with van der Waals surface area (Å²) in [7, 11) is 0. The predicted molar refractivity (Wildman–Crippen MR) is 74.1 cm³/mol. The number of nitrogens with one attached hydrogen (secondary N) is 1. The first kappa shape index (κ1) is 12.0. The molecule has 3 nitrogen and oxygen atoms in total. The summed E-state index contributed by atoms with van der Waals surface area (Å²) in [6, 6.07) is 6.75. The van der Waals surface area contributed by atoms with Gasteiger partial charge in [0.25, 0.3) is 0 Å². The molecule has 98 valence electrons. The van der Waals surface area contributed by atoms with E-state index in [9.17, 15) is 0 Å². The SMILES string of the molecule is CCC1CN(c2cccc3c2CNCC3)CCO1. The van der Waals surface area contributed by atoms with Crippen molar-refractivity contribution < 1.29 is 4.74 Å². The van der Waals surface area contributed by atoms with Crippen LogP contribution in [0.15, 0.2) is 18.2 Å². The summed E-state index contributed by atoms with van der Waals surface area (Å²) < 4.78 is 5.77. The Hall–Kier alpha value is -1.06. The third-order valence-corrected chi connectivity index (χ3v) is 4.06. The van der Waals surface area contributed by atoms with Gasteiger partial charge in [-0.25, -0.2) is 0 Å². The third-order valence-electron chi connectivity index (χ3n) is 4.06. The van der Waals surface area contributed by atoms with Gasteiger partial charge in [-0.05, 0) is 36.6 Å². The number of rotatable bonds is 2. The van der Waals surface area contributed by atoms with Crippen LogP contribution in [0.5, 0.6) is 0 Å². The van der Waals surface area contributed by atoms with Crippen LogP contribution in [0.25, 0.3) is 0 Å². The summed E-state index contributed by atoms with van der Waals surface area (Å²) >= 11 is 0. The van der Waals surface area contributed by atoms with Gasteiger partial charge < -0.3 is 15.0 Å². The number of nitrogens with zero attached hydrogens (tertiary/aromatic N) is 1. The summed E-state index contributed by atoms with van der Waals surface area (Å²) in [5.41, 5.74) is 4.44. The normalized spacial score (nSPS) is 23.8. The van der Waals surface area contributed by atoms with E-state index in [1.165, 1.54) is 16.8 Å². The van der Waals surface area contributed by atoms with Crippen molar-refractivity contribution >= 4 is 5.69 Å². The zero-order valence-electron chi connectivity index (χ0n) is 11.1. The Bertz CT molecular complexity index is 419. The van der Waals surface area contributed by atoms with Crippen LogP contribution in [0.2, 0.25) is 0 Å². The Balaban J connectivity index is 1.87. The van der Waals surface area contributed by atoms with Crippen molar-refractivity contribution in [1.82, 2.24) is 5.32 Å². The average Bonchev–Trinajstić information content (AvgIpc) is 2.47. The van der Waals surface area contributed by atoms with Gasteiger partial charge >= 0.3 is 0 Å². The average molecular weight is 246 g/mol. The molecule has 1 aromatic carbocycles. The molecule has 0 bridgehead atoms. The fraction of sp³-hybridized carbons (Fsp3) is 0.600. The van der Waals surface area contributed by atoms with Crippen LogP contribution in [0.3, 0.4) is 0 Å². The smallest absolute Gasteiger partial charge is 0.0748 e. The largest absolute Gasteiger partial charge is 0.375 e. The molecule has 3 heteroatoms. The van der Waals surface area contributed by atoms with Crippen LogP contribution in [-0.4, -0.2) is 32.3 Å². The van der Waals surface area contributed by atoms with E-state index >= 15 is 0 Å². The minimum Gasteiger partial charge on any atom is -0.375 e. The lowest BCUT2D eigenvalue weighted by molar-refractivity contribution is 0.0383. The molecule has 1 fully saturated rings. The summed E-state index contributed by atoms with van der Waals surface area (Å²) in [4.78, 5) is 2.50. The van der Waals surface area contributed by atoms with Crippen molar-refractivity contribution in [3.05, 3.63) is 29.3 Å². The van der Waals surface area contributed by atoms with E-state index in [0.717, 1.165) is 45.6 Å². The van der Waals surface area contributed by atoms with Gasteiger partial charge in [0, 0.05) is 25.3 Å². The third kappa shape index (κ3) is 2.25. The molecule has 0 aromatic heterocycles. The molecule has 1 N–H and O–H groups in total. The summed E-state index contributed by atoms with van der Waals surface area (Å²) in [5, 5.41) is 3.49. The summed E-state index contributed by atoms with van der Waals surface area (Å²) in [5.74, 6) is 0. The highest BCUT2D eigenvalue weighted by Gasteiger charge is 2.22. The van der Waals surface area contributed by atoms with Gasteiger partial charge in [-0.15, -0.1) is 0 Å². The molecular formula is C15H22N2O. The summed E-state index contributed by atoms with van der Waals surface area (Å²) in [6.07, 6.45) is 2.65. The van der Waals surface area contributed by atoms with Crippen LogP contribution in [-0.2, 0) is 17.7 Å². The second-order valence-corrected chi connectivity index (χ2v) is 5.19. The molecule has 1 saturated heterocycles. The molecule has 3 rings (SSSR count). The fourth-order valence-corrected chi connectivity index (χ4v) is 2.98. The van der Waals surface area contributed by atoms with Gasteiger partial charge in [0.2, 0.25) is 0 Å². The first-order chi connectivity index (χ1) is 8.88. The van der Waals surface area contributed by atoms with E-state index in [0.29, 0.717) is 6.10 Å². The second kappa shape index (κ2) is 5.29. The van der Waals surface area contributed by atoms with Gasteiger partial charge in [-0.2, -0.15) is 0 Å². The first-order valence-electron chi connectivity index (χ1n) is 7.06. The molecule has 0 saturated carbocycles. The fourth-order valence-electron chi connectivity index (χ4n) is 2.98. The van der Waals surface area contributed by atoms with Crippen molar-refractivity contribution in [1.29, 1.82) is 0 Å². The maximum Gasteiger partial charge on any atom is 0.0748 e. The quantitative estimate of drug-likeness (QED) is 0.863. The lowest BCUT2D eigenvalue weighted by Gasteiger charge is -2.36. The highest BCUT2D eigenvalue weighted by molar-refractivity contribution is 5.58. The van der Waals surface area contributed by atoms with Crippen LogP contribution < -0.4 is 10.2 Å². The van der Waals surface area contributed by atoms with E-state index in [1.54, 1.807) is 0 Å². The molecule has 2 aliphatic heterocycles. The van der Waals surface area contributed by atoms with Gasteiger partial charge in [0.05, 0.1) is 12.7 Å². The maximum atomic E-state index is 5.77. The number of ether oxygens (including phenoxy) is 1. The van der Waals surface area contributed by atoms with Crippen molar-refractivity contribution in [3.8, 4) is 0 Å². The lowest BCUT2D eigenvalue weighted by atomic mass is 9.98. The Labute approximate surface area is 109 Å². The number of anilines is 1. The van der Waals surface area contributed by atoms with Crippen molar-refractivity contribution in [3.63, 3.8) is 0 Å². The molecule has 1 unspecified atom stereocenters. The monoisotopic (exact) mass is 246 g/mol. The summed E-state index contributed by atoms with van der Waals surface area (Å²) in [6.45, 7) is 7.24. The molecule has 1 atom stereocenters. The number of benzene rings is 1. The van der Waals surface area contributed by atoms with Gasteiger partial charge in [0.15, 0.2) is 0 Å². The molecule has 0 aliphatic carbocycles. The number of morpholine rings is 1. The first-order valence-corrected chi connectivity index (χ1v) is 7.06. The standard InChI is InChI=1S/C15H22N2O/c1-2-13-11-17(8-9-18-13)15-5-3-4-12-6-7-16-10-14(12)15/h3-5,13,16H,2,6-11H2,1H3. The zero-order chi connectivity index (χ0) is 12.4. The van der Waals surface area contributed by atoms with Crippen LogP contribution >= 0.6 is 0 Å². The van der Waals surface area contributed by atoms with Crippen LogP contribution in [0.4, 0.5) is 5.69 Å². The Morgan fingerprint density at radius 3 is 3.28 bits per heavy atom. The Morgan fingerprint density at radius 2 is 2.39 bits per heavy atom. The highest BCUT2D eigenvalue weighted by atomic mass is 16.5. The van der Waals surface area contributed by atoms with E-state index in [1.807, 2.05) is 0 Å². The maximum absolute atomic E-state index is 5.77. The molecule has 2 heterocycles. The van der Waals surface area contributed by atoms with E-state index < -0.39 is 0 Å². The highest BCUT2D eigenvalue weighted by Crippen LogP contribution is 2.28. The topological polar surface area (TPSA) is 24.5 Å². The van der Waals surface area contributed by atoms with E-state index in [-0.39, 0.29) is 0 Å². The number of fused-ring (bicyclic) bond motifs is 1. The zero-order valence-corrected chi connectivity index (χ0v) is 11.1. The lowest BCUT2D eigenvalue weighted by Crippen LogP contribution is -2.43. The number of hydrogen-bond donors (Lipinski definition) is 1. The van der Waals surface area contributed by atoms with Crippen molar-refractivity contribution in [2.24, 2.45) is 0 Å². The molecule has 0 spiro atoms. The van der Waals surface area contributed by atoms with Crippen LogP contribution in [0.1, 0.15) is 24.5 Å². The van der Waals surface area contributed by atoms with Crippen molar-refractivity contribution in [2.45, 2.75) is 32.4 Å². The molecule has 1 aromatic rings. The molecular weight excluding hydrogens is 224 g/mol. The molecule has 0 radical (unpaired) electrons. The number of hydrogen-bond acceptors (Lipinski definition) is 3. The molecule has 18 heavy (non-hydrogen) atoms. The Morgan fingerprint density at radius 1 is 1.44 bits per heavy atom. The van der Waals surface area contributed by atoms with Gasteiger partial charge in [-0.3, -0.25) is 0 Å².